The molecule has 2 aromatic rings. The van der Waals surface area contributed by atoms with E-state index in [1.165, 1.54) is 0 Å². The van der Waals surface area contributed by atoms with Gasteiger partial charge in [-0.1, -0.05) is 23.7 Å². The molecule has 1 heterocycles. The second kappa shape index (κ2) is 10.2. The number of rotatable bonds is 7. The first-order valence-electron chi connectivity index (χ1n) is 9.81. The minimum atomic E-state index is -0.310. The molecule has 0 spiro atoms. The third kappa shape index (κ3) is 5.64. The van der Waals surface area contributed by atoms with Crippen molar-refractivity contribution in [2.24, 2.45) is 0 Å². The first-order valence-corrected chi connectivity index (χ1v) is 10.2. The standard InChI is InChI=1S/C22H25ClN2O4/c1-2-28-20-14-16(22(27)24-18-9-5-4-8-17(18)23)10-11-19(20)29-15-21(26)25-12-6-3-7-13-25/h4-5,8-11,14H,2-3,6-7,12-13,15H2,1H3,(H,24,27). The minimum absolute atomic E-state index is 0.0345. The van der Waals surface area contributed by atoms with Crippen molar-refractivity contribution in [3.05, 3.63) is 53.1 Å². The van der Waals surface area contributed by atoms with Crippen LogP contribution < -0.4 is 14.8 Å². The molecular formula is C22H25ClN2O4. The zero-order chi connectivity index (χ0) is 20.6. The number of piperidine rings is 1. The summed E-state index contributed by atoms with van der Waals surface area (Å²) in [6.07, 6.45) is 3.23. The van der Waals surface area contributed by atoms with Gasteiger partial charge in [-0.15, -0.1) is 0 Å². The molecule has 0 atom stereocenters. The van der Waals surface area contributed by atoms with Crippen molar-refractivity contribution in [1.29, 1.82) is 0 Å². The number of nitrogens with zero attached hydrogens (tertiary/aromatic N) is 1. The van der Waals surface area contributed by atoms with Gasteiger partial charge in [0.05, 0.1) is 17.3 Å². The van der Waals surface area contributed by atoms with Crippen LogP contribution in [0.1, 0.15) is 36.5 Å². The molecule has 2 aromatic carbocycles. The smallest absolute Gasteiger partial charge is 0.260 e. The average molecular weight is 417 g/mol. The number of anilines is 1. The lowest BCUT2D eigenvalue weighted by molar-refractivity contribution is -0.134. The number of para-hydroxylation sites is 1. The van der Waals surface area contributed by atoms with E-state index < -0.39 is 0 Å². The Balaban J connectivity index is 1.68. The summed E-state index contributed by atoms with van der Waals surface area (Å²) < 4.78 is 11.3. The van der Waals surface area contributed by atoms with Gasteiger partial charge in [-0.3, -0.25) is 9.59 Å². The monoisotopic (exact) mass is 416 g/mol. The predicted molar refractivity (Wildman–Crippen MR) is 113 cm³/mol. The van der Waals surface area contributed by atoms with Gasteiger partial charge >= 0.3 is 0 Å². The van der Waals surface area contributed by atoms with Crippen molar-refractivity contribution < 1.29 is 19.1 Å². The summed E-state index contributed by atoms with van der Waals surface area (Å²) in [6.45, 7) is 3.76. The molecular weight excluding hydrogens is 392 g/mol. The molecule has 1 aliphatic heterocycles. The van der Waals surface area contributed by atoms with Crippen LogP contribution in [0.25, 0.3) is 0 Å². The molecule has 0 bridgehead atoms. The third-order valence-electron chi connectivity index (χ3n) is 4.69. The molecule has 0 saturated carbocycles. The Kier molecular flexibility index (Phi) is 7.36. The molecule has 29 heavy (non-hydrogen) atoms. The summed E-state index contributed by atoms with van der Waals surface area (Å²) in [5, 5.41) is 3.24. The van der Waals surface area contributed by atoms with Crippen LogP contribution in [0.4, 0.5) is 5.69 Å². The Morgan fingerprint density at radius 2 is 1.79 bits per heavy atom. The summed E-state index contributed by atoms with van der Waals surface area (Å²) >= 11 is 6.10. The van der Waals surface area contributed by atoms with Gasteiger partial charge in [0.15, 0.2) is 18.1 Å². The van der Waals surface area contributed by atoms with Gasteiger partial charge in [-0.25, -0.2) is 0 Å². The highest BCUT2D eigenvalue weighted by Crippen LogP contribution is 2.29. The number of likely N-dealkylation sites (tertiary alicyclic amines) is 1. The fourth-order valence-electron chi connectivity index (χ4n) is 3.17. The maximum atomic E-state index is 12.6. The number of hydrogen-bond donors (Lipinski definition) is 1. The maximum Gasteiger partial charge on any atom is 0.260 e. The second-order valence-corrected chi connectivity index (χ2v) is 7.17. The number of ether oxygens (including phenoxy) is 2. The molecule has 7 heteroatoms. The van der Waals surface area contributed by atoms with Gasteiger partial charge in [-0.05, 0) is 56.5 Å². The fourth-order valence-corrected chi connectivity index (χ4v) is 3.35. The lowest BCUT2D eigenvalue weighted by atomic mass is 10.1. The van der Waals surface area contributed by atoms with Crippen molar-refractivity contribution in [2.75, 3.05) is 31.6 Å². The molecule has 1 aliphatic rings. The molecule has 2 amide bonds. The van der Waals surface area contributed by atoms with E-state index in [1.807, 2.05) is 11.8 Å². The molecule has 1 fully saturated rings. The number of benzene rings is 2. The van der Waals surface area contributed by atoms with Crippen molar-refractivity contribution >= 4 is 29.1 Å². The van der Waals surface area contributed by atoms with E-state index >= 15 is 0 Å². The maximum absolute atomic E-state index is 12.6. The van der Waals surface area contributed by atoms with E-state index in [4.69, 9.17) is 21.1 Å². The molecule has 3 rings (SSSR count). The van der Waals surface area contributed by atoms with Crippen LogP contribution in [0.5, 0.6) is 11.5 Å². The minimum Gasteiger partial charge on any atom is -0.490 e. The summed E-state index contributed by atoms with van der Waals surface area (Å²) in [5.41, 5.74) is 0.938. The summed E-state index contributed by atoms with van der Waals surface area (Å²) in [7, 11) is 0. The van der Waals surface area contributed by atoms with Crippen LogP contribution in [0.15, 0.2) is 42.5 Å². The average Bonchev–Trinajstić information content (AvgIpc) is 2.75. The van der Waals surface area contributed by atoms with Crippen molar-refractivity contribution in [1.82, 2.24) is 4.90 Å². The van der Waals surface area contributed by atoms with E-state index in [0.29, 0.717) is 34.4 Å². The number of carbonyl (C=O) groups excluding carboxylic acids is 2. The molecule has 1 saturated heterocycles. The fraction of sp³-hybridized carbons (Fsp3) is 0.364. The van der Waals surface area contributed by atoms with Crippen LogP contribution in [0.2, 0.25) is 5.02 Å². The zero-order valence-electron chi connectivity index (χ0n) is 16.4. The van der Waals surface area contributed by atoms with Crippen LogP contribution in [-0.2, 0) is 4.79 Å². The van der Waals surface area contributed by atoms with Crippen LogP contribution in [0.3, 0.4) is 0 Å². The van der Waals surface area contributed by atoms with E-state index in [9.17, 15) is 9.59 Å². The Morgan fingerprint density at radius 1 is 1.03 bits per heavy atom. The van der Waals surface area contributed by atoms with Gasteiger partial charge in [0, 0.05) is 18.7 Å². The largest absolute Gasteiger partial charge is 0.490 e. The van der Waals surface area contributed by atoms with Gasteiger partial charge in [0.2, 0.25) is 0 Å². The summed E-state index contributed by atoms with van der Waals surface area (Å²) in [5.74, 6) is 0.514. The second-order valence-electron chi connectivity index (χ2n) is 6.76. The third-order valence-corrected chi connectivity index (χ3v) is 5.02. The first kappa shape index (κ1) is 21.0. The highest BCUT2D eigenvalue weighted by Gasteiger charge is 2.18. The number of nitrogens with one attached hydrogen (secondary N) is 1. The van der Waals surface area contributed by atoms with E-state index in [0.717, 1.165) is 32.4 Å². The van der Waals surface area contributed by atoms with E-state index in [-0.39, 0.29) is 18.4 Å². The zero-order valence-corrected chi connectivity index (χ0v) is 17.2. The lowest BCUT2D eigenvalue weighted by Gasteiger charge is -2.26. The van der Waals surface area contributed by atoms with Crippen molar-refractivity contribution in [3.63, 3.8) is 0 Å². The Bertz CT molecular complexity index is 866. The molecule has 0 unspecified atom stereocenters. The molecule has 0 aliphatic carbocycles. The van der Waals surface area contributed by atoms with Gasteiger partial charge in [0.1, 0.15) is 0 Å². The van der Waals surface area contributed by atoms with E-state index in [2.05, 4.69) is 5.32 Å². The molecule has 6 nitrogen and oxygen atoms in total. The Hall–Kier alpha value is -2.73. The van der Waals surface area contributed by atoms with Crippen molar-refractivity contribution in [3.8, 4) is 11.5 Å². The molecule has 1 N–H and O–H groups in total. The number of halogens is 1. The predicted octanol–water partition coefficient (Wildman–Crippen LogP) is 4.38. The van der Waals surface area contributed by atoms with Gasteiger partial charge < -0.3 is 19.7 Å². The van der Waals surface area contributed by atoms with Gasteiger partial charge in [0.25, 0.3) is 11.8 Å². The normalized spacial score (nSPS) is 13.7. The summed E-state index contributed by atoms with van der Waals surface area (Å²) in [4.78, 5) is 26.7. The van der Waals surface area contributed by atoms with Gasteiger partial charge in [-0.2, -0.15) is 0 Å². The SMILES string of the molecule is CCOc1cc(C(=O)Nc2ccccc2Cl)ccc1OCC(=O)N1CCCCC1. The highest BCUT2D eigenvalue weighted by atomic mass is 35.5. The number of amides is 2. The van der Waals surface area contributed by atoms with Crippen LogP contribution in [0, 0.1) is 0 Å². The van der Waals surface area contributed by atoms with Crippen molar-refractivity contribution in [2.45, 2.75) is 26.2 Å². The lowest BCUT2D eigenvalue weighted by Crippen LogP contribution is -2.38. The summed E-state index contributed by atoms with van der Waals surface area (Å²) in [6, 6.07) is 11.9. The first-order chi connectivity index (χ1) is 14.1. The Morgan fingerprint density at radius 3 is 2.52 bits per heavy atom. The van der Waals surface area contributed by atoms with Crippen LogP contribution in [-0.4, -0.2) is 43.0 Å². The Labute approximate surface area is 175 Å². The van der Waals surface area contributed by atoms with E-state index in [1.54, 1.807) is 42.5 Å². The highest BCUT2D eigenvalue weighted by molar-refractivity contribution is 6.33. The van der Waals surface area contributed by atoms with Crippen LogP contribution >= 0.6 is 11.6 Å². The number of hydrogen-bond acceptors (Lipinski definition) is 4. The quantitative estimate of drug-likeness (QED) is 0.727. The number of carbonyl (C=O) groups is 2. The topological polar surface area (TPSA) is 67.9 Å². The molecule has 0 radical (unpaired) electrons. The molecule has 0 aromatic heterocycles. The molecule has 154 valence electrons.